The number of nitrogens with zero attached hydrogens (tertiary/aromatic N) is 1. The zero-order valence-corrected chi connectivity index (χ0v) is 9.96. The molecule has 0 bridgehead atoms. The summed E-state index contributed by atoms with van der Waals surface area (Å²) in [6.45, 7) is 2.36. The summed E-state index contributed by atoms with van der Waals surface area (Å²) < 4.78 is 0. The fraction of sp³-hybridized carbons (Fsp3) is 0.364. The van der Waals surface area contributed by atoms with Crippen LogP contribution >= 0.6 is 12.2 Å². The van der Waals surface area contributed by atoms with E-state index < -0.39 is 0 Å². The van der Waals surface area contributed by atoms with Crippen molar-refractivity contribution >= 4 is 23.1 Å². The minimum atomic E-state index is -0.378. The molecular formula is C11H15N3OS. The van der Waals surface area contributed by atoms with E-state index in [9.17, 15) is 4.79 Å². The van der Waals surface area contributed by atoms with Gasteiger partial charge in [-0.15, -0.1) is 0 Å². The maximum absolute atomic E-state index is 11.7. The summed E-state index contributed by atoms with van der Waals surface area (Å²) >= 11 is 4.83. The summed E-state index contributed by atoms with van der Waals surface area (Å²) in [5.74, 6) is -0.497. The molecule has 0 radical (unpaired) electrons. The van der Waals surface area contributed by atoms with Crippen LogP contribution in [0.2, 0.25) is 0 Å². The van der Waals surface area contributed by atoms with Crippen molar-refractivity contribution in [3.05, 3.63) is 30.1 Å². The molecule has 1 aromatic rings. The number of nitrogens with two attached hydrogens (primary N) is 1. The highest BCUT2D eigenvalue weighted by molar-refractivity contribution is 7.80. The highest BCUT2D eigenvalue weighted by Crippen LogP contribution is 2.04. The largest absolute Gasteiger partial charge is 0.393 e. The summed E-state index contributed by atoms with van der Waals surface area (Å²) in [4.78, 5) is 15.8. The molecule has 0 spiro atoms. The van der Waals surface area contributed by atoms with Crippen LogP contribution in [0.3, 0.4) is 0 Å². The minimum Gasteiger partial charge on any atom is -0.393 e. The lowest BCUT2D eigenvalue weighted by Gasteiger charge is -2.13. The van der Waals surface area contributed by atoms with Crippen LogP contribution in [0.5, 0.6) is 0 Å². The van der Waals surface area contributed by atoms with Gasteiger partial charge in [-0.1, -0.05) is 19.1 Å². The molecule has 0 aromatic carbocycles. The molecule has 1 aromatic heterocycles. The number of rotatable bonds is 5. The molecule has 1 rings (SSSR count). The first-order valence-electron chi connectivity index (χ1n) is 5.11. The Morgan fingerprint density at radius 2 is 2.19 bits per heavy atom. The molecule has 1 unspecified atom stereocenters. The van der Waals surface area contributed by atoms with Crippen molar-refractivity contribution in [2.24, 2.45) is 11.7 Å². The molecule has 1 heterocycles. The van der Waals surface area contributed by atoms with Crippen LogP contribution in [-0.2, 0) is 11.3 Å². The van der Waals surface area contributed by atoms with Crippen molar-refractivity contribution in [2.45, 2.75) is 19.9 Å². The third-order valence-electron chi connectivity index (χ3n) is 2.28. The molecule has 0 fully saturated rings. The van der Waals surface area contributed by atoms with Crippen molar-refractivity contribution in [1.82, 2.24) is 10.3 Å². The predicted octanol–water partition coefficient (Wildman–Crippen LogP) is 1.01. The van der Waals surface area contributed by atoms with Crippen LogP contribution in [-0.4, -0.2) is 15.9 Å². The number of amides is 1. The topological polar surface area (TPSA) is 68.0 Å². The smallest absolute Gasteiger partial charge is 0.230 e. The first-order chi connectivity index (χ1) is 7.65. The van der Waals surface area contributed by atoms with Gasteiger partial charge in [0, 0.05) is 18.9 Å². The quantitative estimate of drug-likeness (QED) is 0.750. The second-order valence-corrected chi connectivity index (χ2v) is 3.91. The summed E-state index contributed by atoms with van der Waals surface area (Å²) in [5, 5.41) is 2.80. The molecule has 0 aliphatic carbocycles. The molecule has 86 valence electrons. The SMILES string of the molecule is CCC(C(=O)NCc1ccncc1)C(N)=S. The maximum Gasteiger partial charge on any atom is 0.230 e. The summed E-state index contributed by atoms with van der Waals surface area (Å²) in [7, 11) is 0. The van der Waals surface area contributed by atoms with Gasteiger partial charge in [0.25, 0.3) is 0 Å². The molecular weight excluding hydrogens is 222 g/mol. The van der Waals surface area contributed by atoms with Crippen LogP contribution in [0.1, 0.15) is 18.9 Å². The number of carbonyl (C=O) groups is 1. The summed E-state index contributed by atoms with van der Waals surface area (Å²) in [5.41, 5.74) is 6.48. The van der Waals surface area contributed by atoms with Crippen LogP contribution in [0, 0.1) is 5.92 Å². The first-order valence-corrected chi connectivity index (χ1v) is 5.52. The van der Waals surface area contributed by atoms with Gasteiger partial charge < -0.3 is 11.1 Å². The lowest BCUT2D eigenvalue weighted by molar-refractivity contribution is -0.123. The molecule has 0 saturated carbocycles. The Kier molecular flexibility index (Phi) is 4.85. The van der Waals surface area contributed by atoms with Crippen LogP contribution in [0.15, 0.2) is 24.5 Å². The predicted molar refractivity (Wildman–Crippen MR) is 66.7 cm³/mol. The van der Waals surface area contributed by atoms with E-state index in [0.29, 0.717) is 13.0 Å². The Hall–Kier alpha value is -1.49. The van der Waals surface area contributed by atoms with Gasteiger partial charge in [-0.2, -0.15) is 0 Å². The fourth-order valence-electron chi connectivity index (χ4n) is 1.33. The highest BCUT2D eigenvalue weighted by Gasteiger charge is 2.18. The number of nitrogens with one attached hydrogen (secondary N) is 1. The van der Waals surface area contributed by atoms with Crippen molar-refractivity contribution < 1.29 is 4.79 Å². The Morgan fingerprint density at radius 3 is 2.69 bits per heavy atom. The maximum atomic E-state index is 11.7. The molecule has 5 heteroatoms. The number of carbonyl (C=O) groups excluding carboxylic acids is 1. The van der Waals surface area contributed by atoms with E-state index in [1.54, 1.807) is 12.4 Å². The average Bonchev–Trinajstić information content (AvgIpc) is 2.28. The third-order valence-corrected chi connectivity index (χ3v) is 2.57. The minimum absolute atomic E-state index is 0.119. The van der Waals surface area contributed by atoms with Gasteiger partial charge in [-0.3, -0.25) is 9.78 Å². The highest BCUT2D eigenvalue weighted by atomic mass is 32.1. The van der Waals surface area contributed by atoms with E-state index in [0.717, 1.165) is 5.56 Å². The van der Waals surface area contributed by atoms with E-state index in [2.05, 4.69) is 10.3 Å². The summed E-state index contributed by atoms with van der Waals surface area (Å²) in [6, 6.07) is 3.70. The van der Waals surface area contributed by atoms with Gasteiger partial charge in [-0.05, 0) is 24.1 Å². The van der Waals surface area contributed by atoms with E-state index in [1.807, 2.05) is 19.1 Å². The molecule has 3 N–H and O–H groups in total. The Labute approximate surface area is 100 Å². The number of thiocarbonyl (C=S) groups is 1. The van der Waals surface area contributed by atoms with Crippen molar-refractivity contribution in [3.8, 4) is 0 Å². The van der Waals surface area contributed by atoms with Crippen LogP contribution < -0.4 is 11.1 Å². The lowest BCUT2D eigenvalue weighted by atomic mass is 10.1. The van der Waals surface area contributed by atoms with Gasteiger partial charge in [0.2, 0.25) is 5.91 Å². The van der Waals surface area contributed by atoms with E-state index in [-0.39, 0.29) is 16.8 Å². The van der Waals surface area contributed by atoms with Crippen molar-refractivity contribution in [1.29, 1.82) is 0 Å². The molecule has 4 nitrogen and oxygen atoms in total. The Balaban J connectivity index is 2.49. The number of hydrogen-bond donors (Lipinski definition) is 2. The van der Waals surface area contributed by atoms with Crippen molar-refractivity contribution in [3.63, 3.8) is 0 Å². The van der Waals surface area contributed by atoms with Gasteiger partial charge >= 0.3 is 0 Å². The Morgan fingerprint density at radius 1 is 1.56 bits per heavy atom. The number of pyridine rings is 1. The zero-order chi connectivity index (χ0) is 12.0. The van der Waals surface area contributed by atoms with E-state index >= 15 is 0 Å². The molecule has 0 aliphatic rings. The normalized spacial score (nSPS) is 11.8. The molecule has 1 amide bonds. The van der Waals surface area contributed by atoms with Crippen LogP contribution in [0.25, 0.3) is 0 Å². The second kappa shape index (κ2) is 6.17. The van der Waals surface area contributed by atoms with E-state index in [1.165, 1.54) is 0 Å². The van der Waals surface area contributed by atoms with Gasteiger partial charge in [0.15, 0.2) is 0 Å². The van der Waals surface area contributed by atoms with Crippen molar-refractivity contribution in [2.75, 3.05) is 0 Å². The van der Waals surface area contributed by atoms with Gasteiger partial charge in [-0.25, -0.2) is 0 Å². The standard InChI is InChI=1S/C11H15N3OS/c1-2-9(10(12)16)11(15)14-7-8-3-5-13-6-4-8/h3-6,9H,2,7H2,1H3,(H2,12,16)(H,14,15). The lowest BCUT2D eigenvalue weighted by Crippen LogP contribution is -2.37. The van der Waals surface area contributed by atoms with Gasteiger partial charge in [0.05, 0.1) is 10.9 Å². The molecule has 1 atom stereocenters. The summed E-state index contributed by atoms with van der Waals surface area (Å²) in [6.07, 6.45) is 4.00. The zero-order valence-electron chi connectivity index (χ0n) is 9.14. The van der Waals surface area contributed by atoms with E-state index in [4.69, 9.17) is 18.0 Å². The van der Waals surface area contributed by atoms with Gasteiger partial charge in [0.1, 0.15) is 0 Å². The number of aromatic nitrogens is 1. The fourth-order valence-corrected chi connectivity index (χ4v) is 1.60. The third kappa shape index (κ3) is 3.58. The Bertz CT molecular complexity index is 367. The number of hydrogen-bond acceptors (Lipinski definition) is 3. The molecule has 0 aliphatic heterocycles. The molecule has 16 heavy (non-hydrogen) atoms. The van der Waals surface area contributed by atoms with Crippen LogP contribution in [0.4, 0.5) is 0 Å². The molecule has 0 saturated heterocycles. The first kappa shape index (κ1) is 12.6. The monoisotopic (exact) mass is 237 g/mol. The average molecular weight is 237 g/mol. The second-order valence-electron chi connectivity index (χ2n) is 3.44.